The smallest absolute Gasteiger partial charge is 0.195 e. The van der Waals surface area contributed by atoms with Crippen molar-refractivity contribution in [2.45, 2.75) is 25.9 Å². The van der Waals surface area contributed by atoms with Crippen LogP contribution in [0.4, 0.5) is 0 Å². The molecule has 1 aliphatic carbocycles. The minimum atomic E-state index is -1.00. The van der Waals surface area contributed by atoms with Crippen molar-refractivity contribution in [2.24, 2.45) is 0 Å². The number of carbonyl (C=O) groups is 1. The van der Waals surface area contributed by atoms with E-state index in [2.05, 4.69) is 31.2 Å². The number of aryl methyl sites for hydroxylation is 1. The van der Waals surface area contributed by atoms with Crippen molar-refractivity contribution in [3.8, 4) is 11.1 Å². The molecule has 0 bridgehead atoms. The molecule has 0 amide bonds. The Morgan fingerprint density at radius 1 is 1.05 bits per heavy atom. The number of fused-ring (bicyclic) bond motifs is 1. The van der Waals surface area contributed by atoms with E-state index in [9.17, 15) is 9.90 Å². The molecular weight excluding hydrogens is 260 g/mol. The van der Waals surface area contributed by atoms with Crippen LogP contribution in [-0.2, 0) is 6.42 Å². The first-order chi connectivity index (χ1) is 10.2. The van der Waals surface area contributed by atoms with Crippen LogP contribution in [0.15, 0.2) is 48.5 Å². The van der Waals surface area contributed by atoms with E-state index < -0.39 is 6.10 Å². The molecular formula is C19H18O2. The third-order valence-electron chi connectivity index (χ3n) is 3.87. The second-order valence-corrected chi connectivity index (χ2v) is 5.42. The molecule has 0 heterocycles. The van der Waals surface area contributed by atoms with E-state index in [1.807, 2.05) is 18.2 Å². The van der Waals surface area contributed by atoms with E-state index in [4.69, 9.17) is 0 Å². The lowest BCUT2D eigenvalue weighted by Crippen LogP contribution is -2.21. The van der Waals surface area contributed by atoms with Gasteiger partial charge in [0, 0.05) is 5.56 Å². The van der Waals surface area contributed by atoms with Crippen LogP contribution in [0.2, 0.25) is 0 Å². The summed E-state index contributed by atoms with van der Waals surface area (Å²) in [4.78, 5) is 11.9. The summed E-state index contributed by atoms with van der Waals surface area (Å²) >= 11 is 0. The number of carbonyl (C=O) groups excluding carboxylic acids is 1. The van der Waals surface area contributed by atoms with E-state index in [1.54, 1.807) is 12.1 Å². The Kier molecular flexibility index (Phi) is 3.72. The molecule has 2 nitrogen and oxygen atoms in total. The SMILES string of the molecule is CCCc1ccc(-c2ccc3c(c2)C=CC(O)C3=O)cc1. The highest BCUT2D eigenvalue weighted by atomic mass is 16.3. The zero-order valence-electron chi connectivity index (χ0n) is 12.0. The number of rotatable bonds is 3. The van der Waals surface area contributed by atoms with E-state index in [0.29, 0.717) is 5.56 Å². The summed E-state index contributed by atoms with van der Waals surface area (Å²) in [6.45, 7) is 2.18. The van der Waals surface area contributed by atoms with Gasteiger partial charge in [0.1, 0.15) is 6.10 Å². The van der Waals surface area contributed by atoms with Gasteiger partial charge < -0.3 is 5.11 Å². The summed E-state index contributed by atoms with van der Waals surface area (Å²) in [5, 5.41) is 9.56. The minimum absolute atomic E-state index is 0.225. The van der Waals surface area contributed by atoms with Crippen molar-refractivity contribution in [3.05, 3.63) is 65.2 Å². The average Bonchev–Trinajstić information content (AvgIpc) is 2.52. The third-order valence-corrected chi connectivity index (χ3v) is 3.87. The summed E-state index contributed by atoms with van der Waals surface area (Å²) in [7, 11) is 0. The van der Waals surface area contributed by atoms with Crippen molar-refractivity contribution < 1.29 is 9.90 Å². The molecule has 1 aliphatic rings. The van der Waals surface area contributed by atoms with Gasteiger partial charge in [-0.1, -0.05) is 55.8 Å². The summed E-state index contributed by atoms with van der Waals surface area (Å²) in [5.41, 5.74) is 5.05. The van der Waals surface area contributed by atoms with Crippen LogP contribution in [-0.4, -0.2) is 17.0 Å². The maximum absolute atomic E-state index is 11.9. The lowest BCUT2D eigenvalue weighted by Gasteiger charge is -2.15. The van der Waals surface area contributed by atoms with E-state index in [-0.39, 0.29) is 5.78 Å². The van der Waals surface area contributed by atoms with Crippen molar-refractivity contribution >= 4 is 11.9 Å². The molecule has 0 aliphatic heterocycles. The molecule has 2 aromatic carbocycles. The monoisotopic (exact) mass is 278 g/mol. The normalized spacial score (nSPS) is 16.9. The van der Waals surface area contributed by atoms with Crippen LogP contribution < -0.4 is 0 Å². The van der Waals surface area contributed by atoms with Crippen molar-refractivity contribution in [3.63, 3.8) is 0 Å². The van der Waals surface area contributed by atoms with Crippen molar-refractivity contribution in [2.75, 3.05) is 0 Å². The van der Waals surface area contributed by atoms with Crippen LogP contribution in [0.3, 0.4) is 0 Å². The fourth-order valence-electron chi connectivity index (χ4n) is 2.70. The van der Waals surface area contributed by atoms with Gasteiger partial charge in [0.15, 0.2) is 5.78 Å². The highest BCUT2D eigenvalue weighted by molar-refractivity contribution is 6.06. The fraction of sp³-hybridized carbons (Fsp3) is 0.211. The number of Topliss-reactive ketones (excluding diaryl/α,β-unsaturated/α-hetero) is 1. The van der Waals surface area contributed by atoms with Gasteiger partial charge in [0.2, 0.25) is 0 Å². The first-order valence-electron chi connectivity index (χ1n) is 7.33. The number of ketones is 1. The number of hydrogen-bond acceptors (Lipinski definition) is 2. The molecule has 2 aromatic rings. The van der Waals surface area contributed by atoms with Crippen LogP contribution >= 0.6 is 0 Å². The molecule has 0 spiro atoms. The molecule has 0 fully saturated rings. The van der Waals surface area contributed by atoms with Crippen LogP contribution in [0.5, 0.6) is 0 Å². The quantitative estimate of drug-likeness (QED) is 0.925. The molecule has 1 N–H and O–H groups in total. The maximum atomic E-state index is 11.9. The molecule has 2 heteroatoms. The van der Waals surface area contributed by atoms with Gasteiger partial charge in [-0.3, -0.25) is 4.79 Å². The number of hydrogen-bond donors (Lipinski definition) is 1. The predicted octanol–water partition coefficient (Wildman–Crippen LogP) is 3.88. The fourth-order valence-corrected chi connectivity index (χ4v) is 2.70. The zero-order chi connectivity index (χ0) is 14.8. The van der Waals surface area contributed by atoms with Gasteiger partial charge in [-0.25, -0.2) is 0 Å². The highest BCUT2D eigenvalue weighted by Crippen LogP contribution is 2.27. The molecule has 0 saturated carbocycles. The summed E-state index contributed by atoms with van der Waals surface area (Å²) < 4.78 is 0. The second-order valence-electron chi connectivity index (χ2n) is 5.42. The highest BCUT2D eigenvalue weighted by Gasteiger charge is 2.21. The topological polar surface area (TPSA) is 37.3 Å². The molecule has 3 rings (SSSR count). The summed E-state index contributed by atoms with van der Waals surface area (Å²) in [6.07, 6.45) is 4.60. The van der Waals surface area contributed by atoms with Gasteiger partial charge in [0.25, 0.3) is 0 Å². The lowest BCUT2D eigenvalue weighted by atomic mass is 9.91. The molecule has 1 unspecified atom stereocenters. The van der Waals surface area contributed by atoms with Gasteiger partial charge in [-0.15, -0.1) is 0 Å². The first-order valence-corrected chi connectivity index (χ1v) is 7.33. The molecule has 0 radical (unpaired) electrons. The molecule has 1 atom stereocenters. The van der Waals surface area contributed by atoms with Gasteiger partial charge in [0.05, 0.1) is 0 Å². The Balaban J connectivity index is 1.95. The van der Waals surface area contributed by atoms with Gasteiger partial charge in [-0.05, 0) is 40.8 Å². The molecule has 0 aromatic heterocycles. The minimum Gasteiger partial charge on any atom is -0.381 e. The zero-order valence-corrected chi connectivity index (χ0v) is 12.0. The van der Waals surface area contributed by atoms with E-state index >= 15 is 0 Å². The molecule has 21 heavy (non-hydrogen) atoms. The van der Waals surface area contributed by atoms with Gasteiger partial charge in [-0.2, -0.15) is 0 Å². The lowest BCUT2D eigenvalue weighted by molar-refractivity contribution is 0.0818. The number of aliphatic hydroxyl groups excluding tert-OH is 1. The number of aliphatic hydroxyl groups is 1. The van der Waals surface area contributed by atoms with Gasteiger partial charge >= 0.3 is 0 Å². The van der Waals surface area contributed by atoms with E-state index in [1.165, 1.54) is 5.56 Å². The Hall–Kier alpha value is -2.19. The Morgan fingerprint density at radius 3 is 2.48 bits per heavy atom. The Bertz CT molecular complexity index is 696. The van der Waals surface area contributed by atoms with Crippen LogP contribution in [0, 0.1) is 0 Å². The van der Waals surface area contributed by atoms with E-state index in [0.717, 1.165) is 29.5 Å². The summed E-state index contributed by atoms with van der Waals surface area (Å²) in [5.74, 6) is -0.225. The molecule has 0 saturated heterocycles. The molecule has 106 valence electrons. The van der Waals surface area contributed by atoms with Crippen molar-refractivity contribution in [1.82, 2.24) is 0 Å². The van der Waals surface area contributed by atoms with Crippen LogP contribution in [0.25, 0.3) is 17.2 Å². The average molecular weight is 278 g/mol. The summed E-state index contributed by atoms with van der Waals surface area (Å²) in [6, 6.07) is 14.3. The largest absolute Gasteiger partial charge is 0.381 e. The predicted molar refractivity (Wildman–Crippen MR) is 85.2 cm³/mol. The first kappa shape index (κ1) is 13.8. The Labute approximate surface area is 124 Å². The van der Waals surface area contributed by atoms with Crippen molar-refractivity contribution in [1.29, 1.82) is 0 Å². The standard InChI is InChI=1S/C19H18O2/c1-2-3-13-4-6-14(7-5-13)15-8-10-17-16(12-15)9-11-18(20)19(17)21/h4-12,18,20H,2-3H2,1H3. The Morgan fingerprint density at radius 2 is 1.76 bits per heavy atom. The third kappa shape index (κ3) is 2.67. The second kappa shape index (κ2) is 5.66. The van der Waals surface area contributed by atoms with Crippen LogP contribution in [0.1, 0.15) is 34.8 Å². The maximum Gasteiger partial charge on any atom is 0.195 e. The number of benzene rings is 2.